The molecule has 2 aromatic rings. The predicted octanol–water partition coefficient (Wildman–Crippen LogP) is 4.11. The molecule has 0 N–H and O–H groups in total. The Balaban J connectivity index is 2.17. The molecule has 0 fully saturated rings. The topological polar surface area (TPSA) is 15.6 Å². The molecule has 0 saturated heterocycles. The Labute approximate surface area is 122 Å². The van der Waals surface area contributed by atoms with Crippen LogP contribution in [0.15, 0.2) is 53.5 Å². The molecule has 2 nitrogen and oxygen atoms in total. The summed E-state index contributed by atoms with van der Waals surface area (Å²) in [5.74, 6) is 0. The minimum atomic E-state index is 1.01. The standard InChI is InChI=1S/C15H15IN2/c1-18(2)13-9-7-12(8-10-13)11-17-15-6-4-3-5-14(15)16/h3-11H,1-2H3. The van der Waals surface area contributed by atoms with Gasteiger partial charge in [-0.2, -0.15) is 0 Å². The first-order valence-electron chi connectivity index (χ1n) is 5.73. The minimum absolute atomic E-state index is 1.01. The molecule has 92 valence electrons. The van der Waals surface area contributed by atoms with Crippen molar-refractivity contribution in [2.24, 2.45) is 4.99 Å². The summed E-state index contributed by atoms with van der Waals surface area (Å²) >= 11 is 2.30. The van der Waals surface area contributed by atoms with Crippen LogP contribution in [0.2, 0.25) is 0 Å². The van der Waals surface area contributed by atoms with Gasteiger partial charge in [0, 0.05) is 29.6 Å². The average molecular weight is 350 g/mol. The molecular weight excluding hydrogens is 335 g/mol. The van der Waals surface area contributed by atoms with Gasteiger partial charge in [-0.05, 0) is 52.4 Å². The van der Waals surface area contributed by atoms with E-state index in [4.69, 9.17) is 0 Å². The Morgan fingerprint density at radius 1 is 1.00 bits per heavy atom. The van der Waals surface area contributed by atoms with Crippen molar-refractivity contribution in [2.75, 3.05) is 19.0 Å². The molecule has 0 saturated carbocycles. The Morgan fingerprint density at radius 3 is 2.28 bits per heavy atom. The van der Waals surface area contributed by atoms with E-state index in [9.17, 15) is 0 Å². The molecular formula is C15H15IN2. The van der Waals surface area contributed by atoms with Crippen molar-refractivity contribution >= 4 is 40.2 Å². The van der Waals surface area contributed by atoms with E-state index in [-0.39, 0.29) is 0 Å². The third-order valence-corrected chi connectivity index (χ3v) is 3.53. The number of para-hydroxylation sites is 1. The molecule has 3 heteroatoms. The van der Waals surface area contributed by atoms with Gasteiger partial charge in [-0.3, -0.25) is 4.99 Å². The molecule has 0 heterocycles. The largest absolute Gasteiger partial charge is 0.378 e. The van der Waals surface area contributed by atoms with Crippen molar-refractivity contribution in [1.82, 2.24) is 0 Å². The Kier molecular flexibility index (Phi) is 4.36. The number of hydrogen-bond acceptors (Lipinski definition) is 2. The monoisotopic (exact) mass is 350 g/mol. The highest BCUT2D eigenvalue weighted by molar-refractivity contribution is 14.1. The summed E-state index contributed by atoms with van der Waals surface area (Å²) in [6, 6.07) is 16.4. The highest BCUT2D eigenvalue weighted by Crippen LogP contribution is 2.20. The van der Waals surface area contributed by atoms with Crippen molar-refractivity contribution in [2.45, 2.75) is 0 Å². The molecule has 2 rings (SSSR count). The zero-order valence-corrected chi connectivity index (χ0v) is 12.6. The van der Waals surface area contributed by atoms with Gasteiger partial charge in [0.2, 0.25) is 0 Å². The average Bonchev–Trinajstić information content (AvgIpc) is 2.38. The third-order valence-electron chi connectivity index (χ3n) is 2.61. The molecule has 0 amide bonds. The van der Waals surface area contributed by atoms with Crippen LogP contribution in [0.1, 0.15) is 5.56 Å². The van der Waals surface area contributed by atoms with Crippen molar-refractivity contribution in [3.63, 3.8) is 0 Å². The van der Waals surface area contributed by atoms with Crippen LogP contribution in [-0.2, 0) is 0 Å². The van der Waals surface area contributed by atoms with Crippen molar-refractivity contribution in [3.8, 4) is 0 Å². The Hall–Kier alpha value is -1.36. The maximum absolute atomic E-state index is 4.50. The first-order valence-corrected chi connectivity index (χ1v) is 6.80. The second kappa shape index (κ2) is 6.00. The highest BCUT2D eigenvalue weighted by Gasteiger charge is 1.96. The molecule has 2 aromatic carbocycles. The summed E-state index contributed by atoms with van der Waals surface area (Å²) in [4.78, 5) is 6.59. The second-order valence-corrected chi connectivity index (χ2v) is 5.36. The summed E-state index contributed by atoms with van der Waals surface area (Å²) in [6.45, 7) is 0. The number of anilines is 1. The summed E-state index contributed by atoms with van der Waals surface area (Å²) < 4.78 is 1.16. The summed E-state index contributed by atoms with van der Waals surface area (Å²) in [7, 11) is 4.07. The van der Waals surface area contributed by atoms with Gasteiger partial charge >= 0.3 is 0 Å². The van der Waals surface area contributed by atoms with Gasteiger partial charge in [0.15, 0.2) is 0 Å². The van der Waals surface area contributed by atoms with E-state index in [1.165, 1.54) is 5.69 Å². The molecule has 0 unspecified atom stereocenters. The van der Waals surface area contributed by atoms with Crippen molar-refractivity contribution in [3.05, 3.63) is 57.7 Å². The van der Waals surface area contributed by atoms with Crippen LogP contribution >= 0.6 is 22.6 Å². The second-order valence-electron chi connectivity index (χ2n) is 4.20. The van der Waals surface area contributed by atoms with Crippen LogP contribution in [0.3, 0.4) is 0 Å². The van der Waals surface area contributed by atoms with Gasteiger partial charge in [0.1, 0.15) is 0 Å². The van der Waals surface area contributed by atoms with E-state index in [2.05, 4.69) is 62.8 Å². The lowest BCUT2D eigenvalue weighted by atomic mass is 10.2. The smallest absolute Gasteiger partial charge is 0.0763 e. The number of rotatable bonds is 3. The van der Waals surface area contributed by atoms with Crippen LogP contribution in [0, 0.1) is 3.57 Å². The highest BCUT2D eigenvalue weighted by atomic mass is 127. The zero-order chi connectivity index (χ0) is 13.0. The molecule has 0 aliphatic heterocycles. The minimum Gasteiger partial charge on any atom is -0.378 e. The number of halogens is 1. The summed E-state index contributed by atoms with van der Waals surface area (Å²) in [6.07, 6.45) is 1.90. The normalized spacial score (nSPS) is 10.8. The fourth-order valence-corrected chi connectivity index (χ4v) is 2.09. The van der Waals surface area contributed by atoms with Gasteiger partial charge < -0.3 is 4.90 Å². The van der Waals surface area contributed by atoms with Gasteiger partial charge in [-0.1, -0.05) is 24.3 Å². The summed E-state index contributed by atoms with van der Waals surface area (Å²) in [5, 5.41) is 0. The van der Waals surface area contributed by atoms with Crippen LogP contribution in [0.4, 0.5) is 11.4 Å². The van der Waals surface area contributed by atoms with Crippen molar-refractivity contribution < 1.29 is 0 Å². The first-order chi connectivity index (χ1) is 8.66. The lowest BCUT2D eigenvalue weighted by Crippen LogP contribution is -2.08. The molecule has 0 aliphatic carbocycles. The number of nitrogens with zero attached hydrogens (tertiary/aromatic N) is 2. The lowest BCUT2D eigenvalue weighted by molar-refractivity contribution is 1.13. The fraction of sp³-hybridized carbons (Fsp3) is 0.133. The number of benzene rings is 2. The molecule has 0 bridgehead atoms. The van der Waals surface area contributed by atoms with Crippen molar-refractivity contribution in [1.29, 1.82) is 0 Å². The number of aliphatic imine (C=N–C) groups is 1. The van der Waals surface area contributed by atoms with E-state index >= 15 is 0 Å². The van der Waals surface area contributed by atoms with E-state index in [0.29, 0.717) is 0 Å². The maximum atomic E-state index is 4.50. The molecule has 0 spiro atoms. The van der Waals surface area contributed by atoms with E-state index < -0.39 is 0 Å². The molecule has 18 heavy (non-hydrogen) atoms. The molecule has 0 aromatic heterocycles. The van der Waals surface area contributed by atoms with Gasteiger partial charge in [0.25, 0.3) is 0 Å². The predicted molar refractivity (Wildman–Crippen MR) is 87.2 cm³/mol. The lowest BCUT2D eigenvalue weighted by Gasteiger charge is -2.11. The van der Waals surface area contributed by atoms with Crippen LogP contribution < -0.4 is 4.90 Å². The quantitative estimate of drug-likeness (QED) is 0.601. The van der Waals surface area contributed by atoms with E-state index in [1.54, 1.807) is 0 Å². The van der Waals surface area contributed by atoms with Crippen LogP contribution in [0.25, 0.3) is 0 Å². The van der Waals surface area contributed by atoms with Gasteiger partial charge in [0.05, 0.1) is 5.69 Å². The SMILES string of the molecule is CN(C)c1ccc(C=Nc2ccccc2I)cc1. The fourth-order valence-electron chi connectivity index (χ4n) is 1.56. The maximum Gasteiger partial charge on any atom is 0.0763 e. The molecule has 0 aliphatic rings. The van der Waals surface area contributed by atoms with E-state index in [1.807, 2.05) is 38.5 Å². The zero-order valence-electron chi connectivity index (χ0n) is 10.5. The first kappa shape index (κ1) is 13.1. The Morgan fingerprint density at radius 2 is 1.67 bits per heavy atom. The summed E-state index contributed by atoms with van der Waals surface area (Å²) in [5.41, 5.74) is 3.32. The number of hydrogen-bond donors (Lipinski definition) is 0. The van der Waals surface area contributed by atoms with Crippen LogP contribution in [-0.4, -0.2) is 20.3 Å². The Bertz CT molecular complexity index is 545. The third kappa shape index (κ3) is 3.32. The van der Waals surface area contributed by atoms with Gasteiger partial charge in [-0.15, -0.1) is 0 Å². The molecule has 0 atom stereocenters. The van der Waals surface area contributed by atoms with Gasteiger partial charge in [-0.25, -0.2) is 0 Å². The molecule has 0 radical (unpaired) electrons. The van der Waals surface area contributed by atoms with Crippen LogP contribution in [0.5, 0.6) is 0 Å². The van der Waals surface area contributed by atoms with E-state index in [0.717, 1.165) is 14.8 Å².